The minimum atomic E-state index is -0.552. The van der Waals surface area contributed by atoms with Gasteiger partial charge in [0.1, 0.15) is 18.0 Å². The second-order valence-corrected chi connectivity index (χ2v) is 14.6. The smallest absolute Gasteiger partial charge is 0.338 e. The molecule has 250 valence electrons. The number of imidazole rings is 1. The molecule has 3 aliphatic rings. The van der Waals surface area contributed by atoms with Gasteiger partial charge in [0.05, 0.1) is 47.5 Å². The van der Waals surface area contributed by atoms with Crippen LogP contribution in [0.1, 0.15) is 97.7 Å². The number of carbonyl (C=O) groups is 1. The number of fused-ring (bicyclic) bond motifs is 2. The molecule has 1 unspecified atom stereocenters. The molecule has 48 heavy (non-hydrogen) atoms. The van der Waals surface area contributed by atoms with E-state index in [0.717, 1.165) is 80.2 Å². The predicted octanol–water partition coefficient (Wildman–Crippen LogP) is 6.66. The minimum absolute atomic E-state index is 0.173. The number of carbonyl (C=O) groups excluding carboxylic acids is 1. The van der Waals surface area contributed by atoms with Crippen LogP contribution in [0.15, 0.2) is 60.9 Å². The van der Waals surface area contributed by atoms with Crippen molar-refractivity contribution in [2.45, 2.75) is 96.1 Å². The Bertz CT molecular complexity index is 1940. The van der Waals surface area contributed by atoms with Gasteiger partial charge in [-0.3, -0.25) is 4.90 Å². The van der Waals surface area contributed by atoms with E-state index in [4.69, 9.17) is 24.2 Å². The lowest BCUT2D eigenvalue weighted by molar-refractivity contribution is -0.0592. The van der Waals surface area contributed by atoms with E-state index in [2.05, 4.69) is 38.8 Å². The van der Waals surface area contributed by atoms with Crippen molar-refractivity contribution in [3.8, 4) is 5.88 Å². The van der Waals surface area contributed by atoms with Crippen LogP contribution in [-0.2, 0) is 29.2 Å². The lowest BCUT2D eigenvalue weighted by Gasteiger charge is -2.32. The first-order valence-electron chi connectivity index (χ1n) is 17.4. The molecule has 2 aliphatic heterocycles. The van der Waals surface area contributed by atoms with Gasteiger partial charge >= 0.3 is 5.97 Å². The van der Waals surface area contributed by atoms with Crippen molar-refractivity contribution < 1.29 is 19.0 Å². The molecule has 4 aromatic heterocycles. The van der Waals surface area contributed by atoms with E-state index in [9.17, 15) is 4.79 Å². The first-order valence-corrected chi connectivity index (χ1v) is 17.4. The van der Waals surface area contributed by atoms with Crippen molar-refractivity contribution in [2.75, 3.05) is 19.7 Å². The number of likely N-dealkylation sites (tertiary alicyclic amines) is 1. The fourth-order valence-electron chi connectivity index (χ4n) is 6.92. The highest BCUT2D eigenvalue weighted by atomic mass is 16.6. The van der Waals surface area contributed by atoms with Gasteiger partial charge in [-0.1, -0.05) is 6.07 Å². The first kappa shape index (κ1) is 31.0. The van der Waals surface area contributed by atoms with Gasteiger partial charge in [0.25, 0.3) is 0 Å². The largest absolute Gasteiger partial charge is 0.473 e. The van der Waals surface area contributed by atoms with Crippen LogP contribution in [0.4, 0.5) is 0 Å². The van der Waals surface area contributed by atoms with Crippen molar-refractivity contribution >= 4 is 22.5 Å². The second kappa shape index (κ2) is 12.6. The number of hydrogen-bond acceptors (Lipinski definition) is 8. The van der Waals surface area contributed by atoms with Gasteiger partial charge in [-0.2, -0.15) is 5.10 Å². The summed E-state index contributed by atoms with van der Waals surface area (Å²) in [6, 6.07) is 16.1. The predicted molar refractivity (Wildman–Crippen MR) is 182 cm³/mol. The number of piperidine rings is 1. The summed E-state index contributed by atoms with van der Waals surface area (Å²) in [6.07, 6.45) is 9.80. The zero-order chi connectivity index (χ0) is 32.8. The maximum absolute atomic E-state index is 12.9. The second-order valence-electron chi connectivity index (χ2n) is 14.6. The quantitative estimate of drug-likeness (QED) is 0.155. The summed E-state index contributed by atoms with van der Waals surface area (Å²) in [6.45, 7) is 10.3. The summed E-state index contributed by atoms with van der Waals surface area (Å²) in [5.74, 6) is 2.40. The van der Waals surface area contributed by atoms with Gasteiger partial charge in [-0.05, 0) is 114 Å². The van der Waals surface area contributed by atoms with Gasteiger partial charge < -0.3 is 18.8 Å². The van der Waals surface area contributed by atoms with Crippen molar-refractivity contribution in [1.29, 1.82) is 0 Å². The summed E-state index contributed by atoms with van der Waals surface area (Å²) in [7, 11) is 0. The van der Waals surface area contributed by atoms with E-state index in [1.165, 1.54) is 23.9 Å². The van der Waals surface area contributed by atoms with Gasteiger partial charge in [0, 0.05) is 36.0 Å². The molecule has 10 heteroatoms. The molecule has 0 spiro atoms. The number of nitrogens with zero attached hydrogens (tertiary/aromatic N) is 6. The number of pyridine rings is 2. The highest BCUT2D eigenvalue weighted by Crippen LogP contribution is 2.42. The molecule has 0 N–H and O–H groups in total. The summed E-state index contributed by atoms with van der Waals surface area (Å²) >= 11 is 0. The molecule has 1 atom stereocenters. The molecular weight excluding hydrogens is 604 g/mol. The molecule has 1 aromatic carbocycles. The van der Waals surface area contributed by atoms with Crippen LogP contribution >= 0.6 is 0 Å². The molecule has 6 heterocycles. The Balaban J connectivity index is 0.918. The summed E-state index contributed by atoms with van der Waals surface area (Å²) in [5.41, 5.74) is 6.59. The maximum atomic E-state index is 12.9. The molecule has 8 rings (SSSR count). The Morgan fingerprint density at radius 2 is 1.79 bits per heavy atom. The van der Waals surface area contributed by atoms with Gasteiger partial charge in [-0.25, -0.2) is 19.3 Å². The lowest BCUT2D eigenvalue weighted by Crippen LogP contribution is -2.35. The number of hydrogen-bond donors (Lipinski definition) is 0. The fourth-order valence-corrected chi connectivity index (χ4v) is 6.92. The Labute approximate surface area is 281 Å². The first-order chi connectivity index (χ1) is 23.3. The summed E-state index contributed by atoms with van der Waals surface area (Å²) in [5, 5.41) is 4.52. The third kappa shape index (κ3) is 6.69. The molecule has 0 bridgehead atoms. The zero-order valence-corrected chi connectivity index (χ0v) is 28.1. The van der Waals surface area contributed by atoms with Crippen molar-refractivity contribution in [1.82, 2.24) is 29.0 Å². The van der Waals surface area contributed by atoms with Crippen LogP contribution < -0.4 is 4.74 Å². The monoisotopic (exact) mass is 648 g/mol. The van der Waals surface area contributed by atoms with E-state index in [0.29, 0.717) is 29.9 Å². The van der Waals surface area contributed by atoms with E-state index < -0.39 is 5.60 Å². The van der Waals surface area contributed by atoms with Crippen LogP contribution in [0.25, 0.3) is 16.6 Å². The summed E-state index contributed by atoms with van der Waals surface area (Å²) < 4.78 is 21.9. The van der Waals surface area contributed by atoms with Crippen LogP contribution in [0.5, 0.6) is 5.88 Å². The van der Waals surface area contributed by atoms with E-state index in [1.807, 2.05) is 61.9 Å². The number of aromatic nitrogens is 5. The van der Waals surface area contributed by atoms with Gasteiger partial charge in [0.15, 0.2) is 0 Å². The molecule has 5 aromatic rings. The van der Waals surface area contributed by atoms with Gasteiger partial charge in [-0.15, -0.1) is 0 Å². The normalized spacial score (nSPS) is 19.1. The van der Waals surface area contributed by atoms with Crippen LogP contribution in [0.2, 0.25) is 0 Å². The topological polar surface area (TPSA) is 96.0 Å². The third-order valence-corrected chi connectivity index (χ3v) is 9.78. The molecule has 1 aliphatic carbocycles. The standard InChI is InChI=1S/C38H44N6O4/c1-38(2,3)48-37(45)28-9-10-32-34(20-28)43(22-29-14-18-46-29)35(40-32)23-42-15-12-27(13-16-42)31-5-4-6-36(41-31)47-24-25-11-17-44-33(19-25)30(21-39-44)26-7-8-26/h4-6,9-11,17,19-21,26-27,29H,7-8,12-16,18,22-24H2,1-3H3. The molecule has 0 amide bonds. The Morgan fingerprint density at radius 1 is 0.958 bits per heavy atom. The molecule has 10 nitrogen and oxygen atoms in total. The molecule has 2 saturated heterocycles. The minimum Gasteiger partial charge on any atom is -0.473 e. The van der Waals surface area contributed by atoms with Crippen molar-refractivity contribution in [3.05, 3.63) is 89.1 Å². The average Bonchev–Trinajstić information content (AvgIpc) is 3.72. The Kier molecular flexibility index (Phi) is 8.16. The number of benzene rings is 1. The molecule has 0 radical (unpaired) electrons. The van der Waals surface area contributed by atoms with Crippen molar-refractivity contribution in [3.63, 3.8) is 0 Å². The van der Waals surface area contributed by atoms with E-state index in [1.54, 1.807) is 0 Å². The van der Waals surface area contributed by atoms with Crippen LogP contribution in [0.3, 0.4) is 0 Å². The zero-order valence-electron chi connectivity index (χ0n) is 28.1. The maximum Gasteiger partial charge on any atom is 0.338 e. The molecular formula is C38H44N6O4. The molecule has 1 saturated carbocycles. The van der Waals surface area contributed by atoms with E-state index >= 15 is 0 Å². The van der Waals surface area contributed by atoms with E-state index in [-0.39, 0.29) is 12.1 Å². The SMILES string of the molecule is CC(C)(C)OC(=O)c1ccc2nc(CN3CCC(c4cccc(OCc5ccn6ncc(C7CC7)c6c5)n4)CC3)n(CC3CCO3)c2c1. The Morgan fingerprint density at radius 3 is 2.54 bits per heavy atom. The number of rotatable bonds is 10. The van der Waals surface area contributed by atoms with Crippen molar-refractivity contribution in [2.24, 2.45) is 0 Å². The highest BCUT2D eigenvalue weighted by Gasteiger charge is 2.28. The number of ether oxygens (including phenoxy) is 3. The highest BCUT2D eigenvalue weighted by molar-refractivity contribution is 5.94. The summed E-state index contributed by atoms with van der Waals surface area (Å²) in [4.78, 5) is 25.3. The fraction of sp³-hybridized carbons (Fsp3) is 0.474. The lowest BCUT2D eigenvalue weighted by atomic mass is 9.93. The number of esters is 1. The molecule has 3 fully saturated rings. The van der Waals surface area contributed by atoms with Crippen LogP contribution in [0, 0.1) is 0 Å². The third-order valence-electron chi connectivity index (χ3n) is 9.78. The Hall–Kier alpha value is -4.28. The average molecular weight is 649 g/mol. The van der Waals surface area contributed by atoms with Crippen LogP contribution in [-0.4, -0.2) is 66.4 Å². The van der Waals surface area contributed by atoms with Gasteiger partial charge in [0.2, 0.25) is 5.88 Å².